The van der Waals surface area contributed by atoms with Crippen molar-refractivity contribution in [2.24, 2.45) is 52.0 Å². The van der Waals surface area contributed by atoms with E-state index in [-0.39, 0.29) is 68.1 Å². The van der Waals surface area contributed by atoms with Crippen LogP contribution >= 0.6 is 0 Å². The number of phenolic OH excluding ortho intramolecular Hbond substituents is 2. The van der Waals surface area contributed by atoms with Crippen LogP contribution in [0.25, 0.3) is 0 Å². The first-order valence-electron chi connectivity index (χ1n) is 41.7. The number of aliphatic hydroxyl groups is 6. The Balaban J connectivity index is 2.45. The van der Waals surface area contributed by atoms with Crippen LogP contribution in [-0.2, 0) is 114 Å². The number of carboxylic acid groups (broad SMARTS) is 1. The summed E-state index contributed by atoms with van der Waals surface area (Å²) in [5.41, 5.74) is 39.3. The van der Waals surface area contributed by atoms with Crippen molar-refractivity contribution in [1.29, 1.82) is 0 Å². The van der Waals surface area contributed by atoms with Crippen LogP contribution in [0.3, 0.4) is 0 Å². The molecular weight excluding hydrogens is 1750 g/mol. The number of phenols is 2. The highest BCUT2D eigenvalue weighted by molar-refractivity contribution is 6.03. The van der Waals surface area contributed by atoms with Gasteiger partial charge in [-0.15, -0.1) is 0 Å². The lowest BCUT2D eigenvalue weighted by atomic mass is 10.00. The minimum Gasteiger partial charge on any atom is -0.508 e. The lowest BCUT2D eigenvalue weighted by molar-refractivity contribution is -0.142. The maximum absolute atomic E-state index is 14.4. The van der Waals surface area contributed by atoms with Crippen LogP contribution < -0.4 is 125 Å². The average molecular weight is 1880 g/mol. The second-order valence-electron chi connectivity index (χ2n) is 31.3. The maximum atomic E-state index is 14.4. The Labute approximate surface area is 756 Å². The molecule has 2 aromatic carbocycles. The quantitative estimate of drug-likeness (QED) is 0.0274. The van der Waals surface area contributed by atoms with E-state index in [0.29, 0.717) is 24.9 Å². The number of amides is 20. The zero-order chi connectivity index (χ0) is 99.9. The fraction of sp³-hybridized carbons (Fsp3) is 0.582. The van der Waals surface area contributed by atoms with Crippen LogP contribution in [0.5, 0.6) is 11.5 Å². The van der Waals surface area contributed by atoms with Gasteiger partial charge >= 0.3 is 5.97 Å². The van der Waals surface area contributed by atoms with E-state index in [9.17, 15) is 147 Å². The van der Waals surface area contributed by atoms with Crippen LogP contribution in [-0.4, -0.2) is 326 Å². The SMILES string of the molecule is CC(C)C[C@H](NC(=O)[C@H](Cc1ccc(O)cc1)NC(=O)[C@H](CC(N)=O)NC(=O)[C@H](CCCCN)NC(=O)[C@H](CC(N)=O)NC(=O)[C@H](CC(N)=O)NC(=O)[C@H](CO)NC(=O)[C@H](CO)NC(=O)[C@H](Cc1ccc(O)cc1)NC(=O)[C@H](CO)NC(=O)[C@@H](NC(=O)[C@H](CO)NC(=O)[C@H](CCC(N)=O)NC(=O)[C@H](CO)NC(=O)[C@H](CO)NC(=O)[C@@H](N)CCCCN)C(C)C)C(=O)N[C@@H](C)C(=O)O. The van der Waals surface area contributed by atoms with Crippen molar-refractivity contribution < 1.29 is 147 Å². The highest BCUT2D eigenvalue weighted by atomic mass is 16.4. The summed E-state index contributed by atoms with van der Waals surface area (Å²) < 4.78 is 0. The molecule has 2 aromatic rings. The summed E-state index contributed by atoms with van der Waals surface area (Å²) in [5.74, 6) is -28.3. The number of nitrogens with one attached hydrogen (secondary N) is 16. The Morgan fingerprint density at radius 2 is 0.553 bits per heavy atom. The van der Waals surface area contributed by atoms with Gasteiger partial charge in [0, 0.05) is 19.3 Å². The summed E-state index contributed by atoms with van der Waals surface area (Å²) in [6.45, 7) is 0.182. The third-order valence-corrected chi connectivity index (χ3v) is 19.5. The molecule has 0 aromatic heterocycles. The highest BCUT2D eigenvalue weighted by Crippen LogP contribution is 2.17. The molecular formula is C79H125N23O30. The van der Waals surface area contributed by atoms with E-state index in [1.54, 1.807) is 13.8 Å². The van der Waals surface area contributed by atoms with E-state index in [0.717, 1.165) is 12.1 Å². The van der Waals surface area contributed by atoms with Gasteiger partial charge in [-0.2, -0.15) is 0 Å². The van der Waals surface area contributed by atoms with Gasteiger partial charge in [-0.1, -0.05) is 58.4 Å². The molecule has 20 amide bonds. The Morgan fingerprint density at radius 3 is 0.856 bits per heavy atom. The lowest BCUT2D eigenvalue weighted by Gasteiger charge is -2.28. The van der Waals surface area contributed by atoms with Crippen molar-refractivity contribution in [2.75, 3.05) is 52.7 Å². The number of aliphatic carboxylic acids is 1. The maximum Gasteiger partial charge on any atom is 0.325 e. The molecule has 0 aliphatic rings. The largest absolute Gasteiger partial charge is 0.508 e. The fourth-order valence-corrected chi connectivity index (χ4v) is 12.2. The summed E-state index contributed by atoms with van der Waals surface area (Å²) in [7, 11) is 0. The minimum absolute atomic E-state index is 0.0123. The predicted molar refractivity (Wildman–Crippen MR) is 458 cm³/mol. The fourth-order valence-electron chi connectivity index (χ4n) is 12.2. The van der Waals surface area contributed by atoms with E-state index >= 15 is 0 Å². The number of unbranched alkanes of at least 4 members (excludes halogenated alkanes) is 2. The number of carbonyl (C=O) groups excluding carboxylic acids is 20. The van der Waals surface area contributed by atoms with Gasteiger partial charge < -0.3 is 171 Å². The summed E-state index contributed by atoms with van der Waals surface area (Å²) in [6.07, 6.45) is -4.51. The number of benzene rings is 2. The molecule has 39 N–H and O–H groups in total. The summed E-state index contributed by atoms with van der Waals surface area (Å²) in [5, 5.41) is 127. The Hall–Kier alpha value is -13.4. The van der Waals surface area contributed by atoms with E-state index in [4.69, 9.17) is 40.1 Å². The minimum atomic E-state index is -2.21. The molecule has 17 atom stereocenters. The molecule has 0 bridgehead atoms. The Morgan fingerprint density at radius 1 is 0.295 bits per heavy atom. The van der Waals surface area contributed by atoms with E-state index < -0.39 is 311 Å². The summed E-state index contributed by atoms with van der Waals surface area (Å²) in [4.78, 5) is 283. The van der Waals surface area contributed by atoms with Crippen LogP contribution in [0.2, 0.25) is 0 Å². The van der Waals surface area contributed by atoms with Gasteiger partial charge in [0.05, 0.1) is 64.9 Å². The molecule has 0 aliphatic heterocycles. The van der Waals surface area contributed by atoms with Gasteiger partial charge in [-0.3, -0.25) is 101 Å². The molecule has 0 saturated carbocycles. The van der Waals surface area contributed by atoms with Gasteiger partial charge in [0.2, 0.25) is 118 Å². The number of hydrogen-bond acceptors (Lipinski definition) is 32. The van der Waals surface area contributed by atoms with E-state index in [1.807, 2.05) is 10.6 Å². The number of hydrogen-bond donors (Lipinski definition) is 32. The second kappa shape index (κ2) is 59.0. The smallest absolute Gasteiger partial charge is 0.325 e. The van der Waals surface area contributed by atoms with Gasteiger partial charge in [0.1, 0.15) is 108 Å². The van der Waals surface area contributed by atoms with Crippen LogP contribution in [0.15, 0.2) is 48.5 Å². The molecule has 132 heavy (non-hydrogen) atoms. The molecule has 0 spiro atoms. The first-order chi connectivity index (χ1) is 62.1. The molecule has 0 unspecified atom stereocenters. The van der Waals surface area contributed by atoms with Gasteiger partial charge in [-0.25, -0.2) is 0 Å². The van der Waals surface area contributed by atoms with Crippen molar-refractivity contribution in [1.82, 2.24) is 85.1 Å². The standard InChI is InChI=1S/C79H125N23O30/c1-36(2)24-46(66(118)87-38(5)79(131)132)90-67(119)47(25-39-12-16-41(109)17-13-39)91-70(122)50(28-60(85)113)93-64(116)44(11-7-9-23-81)88-69(121)49(27-59(84)112)94-71(123)51(29-61(86)114)95-73(125)54(32-105)100-76(128)55(33-106)98-68(120)48(26-40-14-18-42(110)19-15-40)92-74(126)56(34-107)101-78(130)62(37(3)4)102-77(129)57(35-108)97-65(117)45(20-21-58(83)111)89-72(124)53(31-104)99-75(127)52(30-103)96-63(115)43(82)10-6-8-22-80/h12-19,36-38,43-57,62,103-110H,6-11,20-35,80-82H2,1-5H3,(H2,83,111)(H2,84,112)(H2,85,113)(H2,86,114)(H,87,118)(H,88,121)(H,89,124)(H,90,119)(H,91,122)(H,92,126)(H,93,116)(H,94,123)(H,95,125)(H,96,115)(H,97,117)(H,98,120)(H,99,127)(H,100,128)(H,101,130)(H,102,129)(H,131,132)/t38-,43-,44-,45-,46-,47-,48-,49-,50-,51-,52-,53-,54-,55-,56-,57-,62-/m0/s1. The van der Waals surface area contributed by atoms with Crippen LogP contribution in [0.1, 0.15) is 123 Å². The Bertz CT molecular complexity index is 4280. The van der Waals surface area contributed by atoms with Crippen LogP contribution in [0.4, 0.5) is 0 Å². The number of carbonyl (C=O) groups is 21. The number of rotatable bonds is 63. The number of primary amides is 4. The van der Waals surface area contributed by atoms with Crippen molar-refractivity contribution in [3.8, 4) is 11.5 Å². The Kier molecular flexibility index (Phi) is 51.2. The topological polar surface area (TPSA) is 915 Å². The third kappa shape index (κ3) is 41.5. The van der Waals surface area contributed by atoms with E-state index in [2.05, 4.69) is 74.4 Å². The van der Waals surface area contributed by atoms with Crippen molar-refractivity contribution >= 4 is 124 Å². The predicted octanol–water partition coefficient (Wildman–Crippen LogP) is -15.1. The summed E-state index contributed by atoms with van der Waals surface area (Å²) in [6, 6.07) is -21.1. The number of carboxylic acids is 1. The molecule has 736 valence electrons. The third-order valence-electron chi connectivity index (χ3n) is 19.5. The molecule has 0 saturated heterocycles. The highest BCUT2D eigenvalue weighted by Gasteiger charge is 2.41. The monoisotopic (exact) mass is 1880 g/mol. The zero-order valence-corrected chi connectivity index (χ0v) is 73.3. The van der Waals surface area contributed by atoms with E-state index in [1.165, 1.54) is 57.2 Å². The lowest BCUT2D eigenvalue weighted by Crippen LogP contribution is -2.63. The molecule has 0 fully saturated rings. The number of aliphatic hydroxyl groups excluding tert-OH is 6. The first-order valence-corrected chi connectivity index (χ1v) is 41.7. The van der Waals surface area contributed by atoms with Crippen LogP contribution in [0, 0.1) is 11.8 Å². The second-order valence-corrected chi connectivity index (χ2v) is 31.3. The average Bonchev–Trinajstić information content (AvgIpc) is 0.787. The van der Waals surface area contributed by atoms with Gasteiger partial charge in [0.25, 0.3) is 0 Å². The zero-order valence-electron chi connectivity index (χ0n) is 73.3. The normalized spacial score (nSPS) is 15.0. The molecule has 2 rings (SSSR count). The van der Waals surface area contributed by atoms with Crippen molar-refractivity contribution in [3.63, 3.8) is 0 Å². The molecule has 0 aliphatic carbocycles. The molecule has 53 heteroatoms. The first kappa shape index (κ1) is 115. The molecule has 0 radical (unpaired) electrons. The van der Waals surface area contributed by atoms with Gasteiger partial charge in [0.15, 0.2) is 0 Å². The van der Waals surface area contributed by atoms with Crippen molar-refractivity contribution in [2.45, 2.75) is 227 Å². The number of aromatic hydroxyl groups is 2. The van der Waals surface area contributed by atoms with Gasteiger partial charge in [-0.05, 0) is 112 Å². The summed E-state index contributed by atoms with van der Waals surface area (Å²) >= 11 is 0. The molecule has 0 heterocycles. The molecule has 53 nitrogen and oxygen atoms in total. The van der Waals surface area contributed by atoms with Crippen molar-refractivity contribution in [3.05, 3.63) is 59.7 Å². The number of nitrogens with two attached hydrogens (primary N) is 7.